The maximum absolute atomic E-state index is 12.4. The molecule has 3 aromatic rings. The van der Waals surface area contributed by atoms with Gasteiger partial charge in [0, 0.05) is 12.4 Å². The normalized spacial score (nSPS) is 10.9. The lowest BCUT2D eigenvalue weighted by molar-refractivity contribution is 0.100. The Morgan fingerprint density at radius 3 is 3.06 bits per heavy atom. The minimum absolute atomic E-state index is 0.169. The van der Waals surface area contributed by atoms with E-state index in [0.29, 0.717) is 23.7 Å². The lowest BCUT2D eigenvalue weighted by Gasteiger charge is -2.00. The molecule has 0 N–H and O–H groups in total. The highest BCUT2D eigenvalue weighted by Crippen LogP contribution is 2.16. The molecule has 0 fully saturated rings. The van der Waals surface area contributed by atoms with Gasteiger partial charge >= 0.3 is 0 Å². The SMILES string of the molecule is CCc1nc2ncccn2c1C(=O)c1ccco1. The summed E-state index contributed by atoms with van der Waals surface area (Å²) in [6, 6.07) is 5.12. The van der Waals surface area contributed by atoms with Gasteiger partial charge in [-0.2, -0.15) is 0 Å². The van der Waals surface area contributed by atoms with E-state index in [2.05, 4.69) is 9.97 Å². The highest BCUT2D eigenvalue weighted by molar-refractivity contribution is 6.07. The molecule has 0 radical (unpaired) electrons. The van der Waals surface area contributed by atoms with E-state index in [0.717, 1.165) is 5.69 Å². The third-order valence-electron chi connectivity index (χ3n) is 2.77. The Hall–Kier alpha value is -2.43. The van der Waals surface area contributed by atoms with Gasteiger partial charge in [-0.3, -0.25) is 9.20 Å². The summed E-state index contributed by atoms with van der Waals surface area (Å²) in [5.41, 5.74) is 1.26. The number of furan rings is 1. The number of hydrogen-bond acceptors (Lipinski definition) is 4. The van der Waals surface area contributed by atoms with Crippen molar-refractivity contribution in [3.8, 4) is 0 Å². The summed E-state index contributed by atoms with van der Waals surface area (Å²) in [5, 5.41) is 0. The van der Waals surface area contributed by atoms with Crippen LogP contribution < -0.4 is 0 Å². The number of aromatic nitrogens is 3. The smallest absolute Gasteiger partial charge is 0.246 e. The van der Waals surface area contributed by atoms with Crippen molar-refractivity contribution < 1.29 is 9.21 Å². The van der Waals surface area contributed by atoms with Gasteiger partial charge in [-0.25, -0.2) is 9.97 Å². The third kappa shape index (κ3) is 1.52. The highest BCUT2D eigenvalue weighted by Gasteiger charge is 2.21. The maximum atomic E-state index is 12.4. The van der Waals surface area contributed by atoms with Crippen molar-refractivity contribution >= 4 is 11.6 Å². The Labute approximate surface area is 103 Å². The van der Waals surface area contributed by atoms with Crippen LogP contribution in [0.25, 0.3) is 5.78 Å². The first-order valence-electron chi connectivity index (χ1n) is 5.71. The Morgan fingerprint density at radius 1 is 1.44 bits per heavy atom. The number of nitrogens with zero attached hydrogens (tertiary/aromatic N) is 3. The molecule has 5 heteroatoms. The molecule has 3 heterocycles. The molecule has 0 unspecified atom stereocenters. The molecule has 0 saturated heterocycles. The van der Waals surface area contributed by atoms with Crippen LogP contribution in [-0.4, -0.2) is 20.2 Å². The van der Waals surface area contributed by atoms with Crippen molar-refractivity contribution in [3.05, 3.63) is 54.0 Å². The highest BCUT2D eigenvalue weighted by atomic mass is 16.3. The molecule has 0 aliphatic rings. The number of fused-ring (bicyclic) bond motifs is 1. The minimum Gasteiger partial charge on any atom is -0.461 e. The second-order valence-electron chi connectivity index (χ2n) is 3.86. The Bertz CT molecular complexity index is 698. The number of aryl methyl sites for hydroxylation is 1. The number of carbonyl (C=O) groups is 1. The van der Waals surface area contributed by atoms with E-state index in [1.54, 1.807) is 35.0 Å². The van der Waals surface area contributed by atoms with Crippen molar-refractivity contribution in [3.63, 3.8) is 0 Å². The standard InChI is InChI=1S/C13H11N3O2/c1-2-9-11(12(17)10-5-3-8-18-10)16-7-4-6-14-13(16)15-9/h3-8H,2H2,1H3. The van der Waals surface area contributed by atoms with Gasteiger partial charge in [0.25, 0.3) is 0 Å². The molecule has 0 amide bonds. The van der Waals surface area contributed by atoms with Gasteiger partial charge in [-0.05, 0) is 24.6 Å². The van der Waals surface area contributed by atoms with E-state index in [9.17, 15) is 4.79 Å². The maximum Gasteiger partial charge on any atom is 0.246 e. The molecule has 5 nitrogen and oxygen atoms in total. The van der Waals surface area contributed by atoms with Gasteiger partial charge in [0.2, 0.25) is 11.6 Å². The zero-order chi connectivity index (χ0) is 12.5. The van der Waals surface area contributed by atoms with Crippen LogP contribution in [0.4, 0.5) is 0 Å². The summed E-state index contributed by atoms with van der Waals surface area (Å²) in [5.74, 6) is 0.678. The predicted molar refractivity (Wildman–Crippen MR) is 64.5 cm³/mol. The van der Waals surface area contributed by atoms with Crippen molar-refractivity contribution in [2.45, 2.75) is 13.3 Å². The molecule has 0 atom stereocenters. The Morgan fingerprint density at radius 2 is 2.33 bits per heavy atom. The van der Waals surface area contributed by atoms with Gasteiger partial charge in [-0.1, -0.05) is 6.92 Å². The van der Waals surface area contributed by atoms with E-state index in [1.165, 1.54) is 6.26 Å². The van der Waals surface area contributed by atoms with Crippen molar-refractivity contribution in [2.75, 3.05) is 0 Å². The molecule has 0 aliphatic carbocycles. The van der Waals surface area contributed by atoms with Gasteiger partial charge in [0.15, 0.2) is 5.76 Å². The van der Waals surface area contributed by atoms with Crippen molar-refractivity contribution in [1.82, 2.24) is 14.4 Å². The summed E-state index contributed by atoms with van der Waals surface area (Å²) in [4.78, 5) is 20.9. The fourth-order valence-corrected chi connectivity index (χ4v) is 1.94. The van der Waals surface area contributed by atoms with E-state index in [-0.39, 0.29) is 5.78 Å². The largest absolute Gasteiger partial charge is 0.461 e. The van der Waals surface area contributed by atoms with Crippen LogP contribution in [0.1, 0.15) is 28.9 Å². The van der Waals surface area contributed by atoms with E-state index in [1.807, 2.05) is 6.92 Å². The van der Waals surface area contributed by atoms with Crippen LogP contribution in [0.5, 0.6) is 0 Å². The molecule has 90 valence electrons. The molecular formula is C13H11N3O2. The van der Waals surface area contributed by atoms with Crippen LogP contribution >= 0.6 is 0 Å². The summed E-state index contributed by atoms with van der Waals surface area (Å²) in [6.07, 6.45) is 5.60. The van der Waals surface area contributed by atoms with Gasteiger partial charge in [0.05, 0.1) is 12.0 Å². The molecule has 0 saturated carbocycles. The first kappa shape index (κ1) is 10.7. The number of rotatable bonds is 3. The lowest BCUT2D eigenvalue weighted by Crippen LogP contribution is -2.07. The molecule has 0 spiro atoms. The third-order valence-corrected chi connectivity index (χ3v) is 2.77. The number of imidazole rings is 1. The minimum atomic E-state index is -0.169. The fourth-order valence-electron chi connectivity index (χ4n) is 1.94. The average Bonchev–Trinajstić information content (AvgIpc) is 3.04. The van der Waals surface area contributed by atoms with Gasteiger partial charge in [-0.15, -0.1) is 0 Å². The molecule has 0 bridgehead atoms. The van der Waals surface area contributed by atoms with Gasteiger partial charge in [0.1, 0.15) is 5.69 Å². The van der Waals surface area contributed by atoms with Crippen molar-refractivity contribution in [1.29, 1.82) is 0 Å². The molecular weight excluding hydrogens is 230 g/mol. The molecule has 0 aliphatic heterocycles. The number of ketones is 1. The second-order valence-corrected chi connectivity index (χ2v) is 3.86. The van der Waals surface area contributed by atoms with Crippen LogP contribution in [0, 0.1) is 0 Å². The van der Waals surface area contributed by atoms with Crippen LogP contribution in [-0.2, 0) is 6.42 Å². The van der Waals surface area contributed by atoms with Gasteiger partial charge < -0.3 is 4.42 Å². The number of carbonyl (C=O) groups excluding carboxylic acids is 1. The summed E-state index contributed by atoms with van der Waals surface area (Å²) in [7, 11) is 0. The molecule has 18 heavy (non-hydrogen) atoms. The molecule has 3 rings (SSSR count). The first-order valence-corrected chi connectivity index (χ1v) is 5.71. The number of hydrogen-bond donors (Lipinski definition) is 0. The summed E-state index contributed by atoms with van der Waals surface area (Å²) in [6.45, 7) is 1.96. The lowest BCUT2D eigenvalue weighted by atomic mass is 10.1. The second kappa shape index (κ2) is 4.10. The van der Waals surface area contributed by atoms with Crippen LogP contribution in [0.3, 0.4) is 0 Å². The van der Waals surface area contributed by atoms with Crippen LogP contribution in [0.2, 0.25) is 0 Å². The predicted octanol–water partition coefficient (Wildman–Crippen LogP) is 2.12. The van der Waals surface area contributed by atoms with E-state index < -0.39 is 0 Å². The van der Waals surface area contributed by atoms with E-state index in [4.69, 9.17) is 4.42 Å². The average molecular weight is 241 g/mol. The monoisotopic (exact) mass is 241 g/mol. The Balaban J connectivity index is 2.24. The Kier molecular flexibility index (Phi) is 2.44. The van der Waals surface area contributed by atoms with Crippen molar-refractivity contribution in [2.24, 2.45) is 0 Å². The van der Waals surface area contributed by atoms with E-state index >= 15 is 0 Å². The molecule has 3 aromatic heterocycles. The van der Waals surface area contributed by atoms with Crippen LogP contribution in [0.15, 0.2) is 41.3 Å². The fraction of sp³-hybridized carbons (Fsp3) is 0.154. The summed E-state index contributed by atoms with van der Waals surface area (Å²) < 4.78 is 6.85. The quantitative estimate of drug-likeness (QED) is 0.659. The molecule has 0 aromatic carbocycles. The zero-order valence-corrected chi connectivity index (χ0v) is 9.83. The topological polar surface area (TPSA) is 60.4 Å². The summed E-state index contributed by atoms with van der Waals surface area (Å²) >= 11 is 0. The first-order chi connectivity index (χ1) is 8.81. The zero-order valence-electron chi connectivity index (χ0n) is 9.83.